The molecule has 4 heteroatoms. The Morgan fingerprint density at radius 3 is 2.44 bits per heavy atom. The van der Waals surface area contributed by atoms with Crippen LogP contribution in [-0.4, -0.2) is 48.9 Å². The van der Waals surface area contributed by atoms with Gasteiger partial charge in [0.15, 0.2) is 0 Å². The zero-order valence-electron chi connectivity index (χ0n) is 9.65. The van der Waals surface area contributed by atoms with Crippen molar-refractivity contribution in [2.45, 2.75) is 12.8 Å². The van der Waals surface area contributed by atoms with Crippen LogP contribution in [0.2, 0.25) is 0 Å². The molecule has 1 heterocycles. The van der Waals surface area contributed by atoms with Gasteiger partial charge in [0.2, 0.25) is 0 Å². The number of nitriles is 1. The minimum absolute atomic E-state index is 0.0810. The van der Waals surface area contributed by atoms with Crippen molar-refractivity contribution in [3.8, 4) is 6.07 Å². The van der Waals surface area contributed by atoms with Crippen LogP contribution in [0.5, 0.6) is 0 Å². The maximum Gasteiger partial charge on any atom is 0.264 e. The standard InChI is InChI=1S/C12H17N3O/c1-14-4-6-15(7-5-14)12(16)11(9-13)8-10-2-3-10/h8,10H,2-7H2,1H3/b11-8-. The fraction of sp³-hybridized carbons (Fsp3) is 0.667. The Hall–Kier alpha value is -1.34. The molecule has 2 rings (SSSR count). The zero-order valence-corrected chi connectivity index (χ0v) is 9.65. The molecular weight excluding hydrogens is 202 g/mol. The Morgan fingerprint density at radius 1 is 1.31 bits per heavy atom. The predicted molar refractivity (Wildman–Crippen MR) is 60.5 cm³/mol. The molecule has 1 saturated heterocycles. The van der Waals surface area contributed by atoms with Crippen LogP contribution in [0.3, 0.4) is 0 Å². The quantitative estimate of drug-likeness (QED) is 0.505. The molecule has 0 N–H and O–H groups in total. The van der Waals surface area contributed by atoms with Crippen molar-refractivity contribution < 1.29 is 4.79 Å². The molecule has 1 aliphatic carbocycles. The molecule has 1 amide bonds. The number of nitrogens with zero attached hydrogens (tertiary/aromatic N) is 3. The largest absolute Gasteiger partial charge is 0.335 e. The molecule has 86 valence electrons. The van der Waals surface area contributed by atoms with E-state index < -0.39 is 0 Å². The van der Waals surface area contributed by atoms with Crippen LogP contribution in [0.15, 0.2) is 11.6 Å². The number of carbonyl (C=O) groups is 1. The summed E-state index contributed by atoms with van der Waals surface area (Å²) in [6, 6.07) is 2.04. The summed E-state index contributed by atoms with van der Waals surface area (Å²) >= 11 is 0. The van der Waals surface area contributed by atoms with Crippen molar-refractivity contribution in [1.82, 2.24) is 9.80 Å². The van der Waals surface area contributed by atoms with Crippen molar-refractivity contribution in [2.75, 3.05) is 33.2 Å². The van der Waals surface area contributed by atoms with E-state index in [1.807, 2.05) is 19.2 Å². The average molecular weight is 219 g/mol. The summed E-state index contributed by atoms with van der Waals surface area (Å²) in [4.78, 5) is 16.0. The number of piperazine rings is 1. The van der Waals surface area contributed by atoms with Crippen molar-refractivity contribution in [2.24, 2.45) is 5.92 Å². The van der Waals surface area contributed by atoms with E-state index in [1.54, 1.807) is 4.90 Å². The maximum atomic E-state index is 12.0. The minimum atomic E-state index is -0.0810. The van der Waals surface area contributed by atoms with E-state index in [2.05, 4.69) is 4.90 Å². The van der Waals surface area contributed by atoms with Gasteiger partial charge in [-0.05, 0) is 25.8 Å². The lowest BCUT2D eigenvalue weighted by molar-refractivity contribution is -0.128. The molecule has 2 aliphatic rings. The molecule has 0 unspecified atom stereocenters. The van der Waals surface area contributed by atoms with E-state index >= 15 is 0 Å². The van der Waals surface area contributed by atoms with Crippen LogP contribution in [0, 0.1) is 17.2 Å². The first-order chi connectivity index (χ1) is 7.70. The van der Waals surface area contributed by atoms with Crippen molar-refractivity contribution >= 4 is 5.91 Å². The lowest BCUT2D eigenvalue weighted by Gasteiger charge is -2.32. The van der Waals surface area contributed by atoms with Gasteiger partial charge in [-0.25, -0.2) is 0 Å². The summed E-state index contributed by atoms with van der Waals surface area (Å²) in [6.07, 6.45) is 4.10. The lowest BCUT2D eigenvalue weighted by atomic mass is 10.2. The third kappa shape index (κ3) is 2.61. The Labute approximate surface area is 96.1 Å². The molecule has 0 aromatic rings. The van der Waals surface area contributed by atoms with Crippen LogP contribution in [0.4, 0.5) is 0 Å². The molecule has 0 atom stereocenters. The topological polar surface area (TPSA) is 47.3 Å². The number of hydrogen-bond donors (Lipinski definition) is 0. The highest BCUT2D eigenvalue weighted by molar-refractivity contribution is 5.97. The average Bonchev–Trinajstić information content (AvgIpc) is 3.10. The van der Waals surface area contributed by atoms with Gasteiger partial charge < -0.3 is 9.80 Å². The van der Waals surface area contributed by atoms with E-state index in [1.165, 1.54) is 0 Å². The first-order valence-corrected chi connectivity index (χ1v) is 5.80. The van der Waals surface area contributed by atoms with Gasteiger partial charge in [0.1, 0.15) is 11.6 Å². The highest BCUT2D eigenvalue weighted by Crippen LogP contribution is 2.31. The number of carbonyl (C=O) groups excluding carboxylic acids is 1. The molecule has 0 aromatic heterocycles. The Balaban J connectivity index is 1.98. The van der Waals surface area contributed by atoms with Crippen molar-refractivity contribution in [1.29, 1.82) is 5.26 Å². The van der Waals surface area contributed by atoms with Crippen LogP contribution < -0.4 is 0 Å². The summed E-state index contributed by atoms with van der Waals surface area (Å²) in [5, 5.41) is 8.98. The van der Waals surface area contributed by atoms with Gasteiger partial charge in [0, 0.05) is 26.2 Å². The summed E-state index contributed by atoms with van der Waals surface area (Å²) in [5.74, 6) is 0.397. The minimum Gasteiger partial charge on any atom is -0.335 e. The summed E-state index contributed by atoms with van der Waals surface area (Å²) in [6.45, 7) is 3.26. The molecule has 0 radical (unpaired) electrons. The highest BCUT2D eigenvalue weighted by atomic mass is 16.2. The molecule has 0 aromatic carbocycles. The third-order valence-electron chi connectivity index (χ3n) is 3.17. The zero-order chi connectivity index (χ0) is 11.5. The van der Waals surface area contributed by atoms with Crippen LogP contribution in [-0.2, 0) is 4.79 Å². The fourth-order valence-electron chi connectivity index (χ4n) is 1.83. The van der Waals surface area contributed by atoms with Crippen molar-refractivity contribution in [3.05, 3.63) is 11.6 Å². The molecule has 16 heavy (non-hydrogen) atoms. The first kappa shape index (κ1) is 11.2. The number of allylic oxidation sites excluding steroid dienone is 1. The van der Waals surface area contributed by atoms with Crippen LogP contribution >= 0.6 is 0 Å². The van der Waals surface area contributed by atoms with E-state index in [9.17, 15) is 4.79 Å². The van der Waals surface area contributed by atoms with Gasteiger partial charge in [-0.1, -0.05) is 6.08 Å². The SMILES string of the molecule is CN1CCN(C(=O)/C(C#N)=C\C2CC2)CC1. The highest BCUT2D eigenvalue weighted by Gasteiger charge is 2.25. The molecule has 0 bridgehead atoms. The maximum absolute atomic E-state index is 12.0. The molecule has 1 saturated carbocycles. The van der Waals surface area contributed by atoms with Gasteiger partial charge in [-0.3, -0.25) is 4.79 Å². The predicted octanol–water partition coefficient (Wildman–Crippen LogP) is 0.620. The third-order valence-corrected chi connectivity index (χ3v) is 3.17. The smallest absolute Gasteiger partial charge is 0.264 e. The van der Waals surface area contributed by atoms with E-state index in [0.29, 0.717) is 11.5 Å². The van der Waals surface area contributed by atoms with Crippen LogP contribution in [0.25, 0.3) is 0 Å². The molecular formula is C12H17N3O. The van der Waals surface area contributed by atoms with E-state index in [4.69, 9.17) is 5.26 Å². The number of hydrogen-bond acceptors (Lipinski definition) is 3. The first-order valence-electron chi connectivity index (χ1n) is 5.80. The fourth-order valence-corrected chi connectivity index (χ4v) is 1.83. The second-order valence-electron chi connectivity index (χ2n) is 4.63. The van der Waals surface area contributed by atoms with E-state index in [-0.39, 0.29) is 5.91 Å². The Morgan fingerprint density at radius 2 is 1.94 bits per heavy atom. The molecule has 0 spiro atoms. The summed E-state index contributed by atoms with van der Waals surface area (Å²) in [5.41, 5.74) is 0.340. The van der Waals surface area contributed by atoms with Gasteiger partial charge in [-0.2, -0.15) is 5.26 Å². The summed E-state index contributed by atoms with van der Waals surface area (Å²) < 4.78 is 0. The van der Waals surface area contributed by atoms with Gasteiger partial charge in [0.25, 0.3) is 5.91 Å². The van der Waals surface area contributed by atoms with Gasteiger partial charge in [0.05, 0.1) is 0 Å². The number of amides is 1. The Bertz CT molecular complexity index is 344. The summed E-state index contributed by atoms with van der Waals surface area (Å²) in [7, 11) is 2.05. The van der Waals surface area contributed by atoms with Crippen molar-refractivity contribution in [3.63, 3.8) is 0 Å². The number of rotatable bonds is 2. The van der Waals surface area contributed by atoms with Gasteiger partial charge >= 0.3 is 0 Å². The normalized spacial score (nSPS) is 23.0. The van der Waals surface area contributed by atoms with Crippen LogP contribution in [0.1, 0.15) is 12.8 Å². The molecule has 4 nitrogen and oxygen atoms in total. The molecule has 2 fully saturated rings. The second kappa shape index (κ2) is 4.67. The Kier molecular flexibility index (Phi) is 3.25. The second-order valence-corrected chi connectivity index (χ2v) is 4.63. The lowest BCUT2D eigenvalue weighted by Crippen LogP contribution is -2.47. The number of likely N-dealkylation sites (N-methyl/N-ethyl adjacent to an activating group) is 1. The van der Waals surface area contributed by atoms with E-state index in [0.717, 1.165) is 39.0 Å². The van der Waals surface area contributed by atoms with Gasteiger partial charge in [-0.15, -0.1) is 0 Å². The molecule has 1 aliphatic heterocycles. The monoisotopic (exact) mass is 219 g/mol.